The Balaban J connectivity index is 2.43. The molecular formula is C16H23FN2O2. The van der Waals surface area contributed by atoms with Gasteiger partial charge in [-0.05, 0) is 44.9 Å². The molecule has 1 N–H and O–H groups in total. The summed E-state index contributed by atoms with van der Waals surface area (Å²) in [6, 6.07) is 6.19. The summed E-state index contributed by atoms with van der Waals surface area (Å²) >= 11 is 0. The van der Waals surface area contributed by atoms with Gasteiger partial charge in [-0.15, -0.1) is 0 Å². The first-order chi connectivity index (χ1) is 9.67. The maximum atomic E-state index is 13.0. The van der Waals surface area contributed by atoms with E-state index in [1.54, 1.807) is 19.2 Å². The third kappa shape index (κ3) is 6.88. The highest BCUT2D eigenvalue weighted by atomic mass is 19.1. The number of carbonyl (C=O) groups excluding carboxylic acids is 2. The summed E-state index contributed by atoms with van der Waals surface area (Å²) in [4.78, 5) is 25.1. The number of hydrogen-bond acceptors (Lipinski definition) is 2. The third-order valence-electron chi connectivity index (χ3n) is 2.84. The average molecular weight is 294 g/mol. The second-order valence-corrected chi connectivity index (χ2v) is 6.18. The smallest absolute Gasteiger partial charge is 0.240 e. The summed E-state index contributed by atoms with van der Waals surface area (Å²) in [5.41, 5.74) is 0.457. The number of amides is 2. The number of benzene rings is 1. The molecule has 0 aliphatic carbocycles. The van der Waals surface area contributed by atoms with E-state index >= 15 is 0 Å². The Morgan fingerprint density at radius 2 is 1.95 bits per heavy atom. The molecule has 0 saturated heterocycles. The summed E-state index contributed by atoms with van der Waals surface area (Å²) in [5.74, 6) is -0.634. The number of likely N-dealkylation sites (N-methyl/N-ethyl adjacent to an activating group) is 1. The molecule has 0 fully saturated rings. The molecule has 0 aromatic heterocycles. The van der Waals surface area contributed by atoms with E-state index in [0.717, 1.165) is 5.56 Å². The number of halogens is 1. The molecule has 0 spiro atoms. The predicted molar refractivity (Wildman–Crippen MR) is 80.3 cm³/mol. The van der Waals surface area contributed by atoms with E-state index in [-0.39, 0.29) is 36.1 Å². The molecule has 0 aliphatic heterocycles. The van der Waals surface area contributed by atoms with Gasteiger partial charge in [0.05, 0.1) is 6.54 Å². The molecule has 0 bridgehead atoms. The minimum atomic E-state index is -0.317. The minimum Gasteiger partial charge on any atom is -0.350 e. The van der Waals surface area contributed by atoms with Crippen LogP contribution in [0.1, 0.15) is 32.8 Å². The molecule has 1 aromatic carbocycles. The van der Waals surface area contributed by atoms with Crippen LogP contribution < -0.4 is 5.32 Å². The summed E-state index contributed by atoms with van der Waals surface area (Å²) in [7, 11) is 1.59. The molecule has 0 heterocycles. The molecule has 21 heavy (non-hydrogen) atoms. The van der Waals surface area contributed by atoms with Gasteiger partial charge >= 0.3 is 0 Å². The SMILES string of the molecule is CN(CC(=O)NC(C)(C)C)C(=O)CCc1cccc(F)c1. The van der Waals surface area contributed by atoms with E-state index < -0.39 is 0 Å². The lowest BCUT2D eigenvalue weighted by molar-refractivity contribution is -0.135. The van der Waals surface area contributed by atoms with Crippen molar-refractivity contribution >= 4 is 11.8 Å². The van der Waals surface area contributed by atoms with Crippen molar-refractivity contribution in [1.82, 2.24) is 10.2 Å². The standard InChI is InChI=1S/C16H23FN2O2/c1-16(2,3)18-14(20)11-19(4)15(21)9-8-12-6-5-7-13(17)10-12/h5-7,10H,8-9,11H2,1-4H3,(H,18,20). The van der Waals surface area contributed by atoms with E-state index in [9.17, 15) is 14.0 Å². The Bertz CT molecular complexity index is 509. The fourth-order valence-corrected chi connectivity index (χ4v) is 1.90. The summed E-state index contributed by atoms with van der Waals surface area (Å²) in [6.07, 6.45) is 0.713. The van der Waals surface area contributed by atoms with Gasteiger partial charge < -0.3 is 10.2 Å². The van der Waals surface area contributed by atoms with Crippen LogP contribution in [0.25, 0.3) is 0 Å². The zero-order chi connectivity index (χ0) is 16.0. The first kappa shape index (κ1) is 17.1. The van der Waals surface area contributed by atoms with Crippen molar-refractivity contribution < 1.29 is 14.0 Å². The highest BCUT2D eigenvalue weighted by molar-refractivity contribution is 5.85. The largest absolute Gasteiger partial charge is 0.350 e. The number of carbonyl (C=O) groups is 2. The van der Waals surface area contributed by atoms with Gasteiger partial charge in [-0.1, -0.05) is 12.1 Å². The van der Waals surface area contributed by atoms with Gasteiger partial charge in [0.25, 0.3) is 0 Å². The van der Waals surface area contributed by atoms with Crippen LogP contribution in [0, 0.1) is 5.82 Å². The summed E-state index contributed by atoms with van der Waals surface area (Å²) < 4.78 is 13.0. The zero-order valence-corrected chi connectivity index (χ0v) is 13.1. The van der Waals surface area contributed by atoms with Gasteiger partial charge in [0.1, 0.15) is 5.82 Å². The molecule has 0 atom stereocenters. The van der Waals surface area contributed by atoms with Crippen LogP contribution in [-0.4, -0.2) is 35.8 Å². The molecule has 0 unspecified atom stereocenters. The minimum absolute atomic E-state index is 0.0270. The first-order valence-corrected chi connectivity index (χ1v) is 6.97. The Labute approximate surface area is 125 Å². The normalized spacial score (nSPS) is 11.1. The molecule has 0 aliphatic rings. The van der Waals surface area contributed by atoms with Crippen LogP contribution in [0.3, 0.4) is 0 Å². The van der Waals surface area contributed by atoms with Crippen LogP contribution in [-0.2, 0) is 16.0 Å². The molecule has 5 heteroatoms. The van der Waals surface area contributed by atoms with Gasteiger partial charge in [-0.2, -0.15) is 0 Å². The molecule has 1 rings (SSSR count). The second kappa shape index (κ2) is 7.20. The Morgan fingerprint density at radius 1 is 1.29 bits per heavy atom. The predicted octanol–water partition coefficient (Wildman–Crippen LogP) is 2.13. The lowest BCUT2D eigenvalue weighted by Gasteiger charge is -2.23. The fraction of sp³-hybridized carbons (Fsp3) is 0.500. The van der Waals surface area contributed by atoms with Crippen molar-refractivity contribution in [2.75, 3.05) is 13.6 Å². The lowest BCUT2D eigenvalue weighted by atomic mass is 10.1. The Morgan fingerprint density at radius 3 is 2.52 bits per heavy atom. The Kier molecular flexibility index (Phi) is 5.88. The van der Waals surface area contributed by atoms with E-state index in [4.69, 9.17) is 0 Å². The summed E-state index contributed by atoms with van der Waals surface area (Å²) in [6.45, 7) is 5.68. The summed E-state index contributed by atoms with van der Waals surface area (Å²) in [5, 5.41) is 2.80. The first-order valence-electron chi connectivity index (χ1n) is 6.97. The molecule has 2 amide bonds. The van der Waals surface area contributed by atoms with Gasteiger partial charge in [0.15, 0.2) is 0 Å². The molecular weight excluding hydrogens is 271 g/mol. The van der Waals surface area contributed by atoms with Crippen molar-refractivity contribution in [3.8, 4) is 0 Å². The molecule has 116 valence electrons. The number of aryl methyl sites for hydroxylation is 1. The van der Waals surface area contributed by atoms with Crippen molar-refractivity contribution in [3.63, 3.8) is 0 Å². The number of hydrogen-bond donors (Lipinski definition) is 1. The Hall–Kier alpha value is -1.91. The number of rotatable bonds is 5. The van der Waals surface area contributed by atoms with Gasteiger partial charge in [0.2, 0.25) is 11.8 Å². The monoisotopic (exact) mass is 294 g/mol. The van der Waals surface area contributed by atoms with Crippen molar-refractivity contribution in [1.29, 1.82) is 0 Å². The zero-order valence-electron chi connectivity index (χ0n) is 13.1. The van der Waals surface area contributed by atoms with Crippen LogP contribution >= 0.6 is 0 Å². The second-order valence-electron chi connectivity index (χ2n) is 6.18. The topological polar surface area (TPSA) is 49.4 Å². The van der Waals surface area contributed by atoms with Gasteiger partial charge in [-0.25, -0.2) is 4.39 Å². The van der Waals surface area contributed by atoms with E-state index in [1.165, 1.54) is 17.0 Å². The molecule has 1 aromatic rings. The maximum Gasteiger partial charge on any atom is 0.240 e. The quantitative estimate of drug-likeness (QED) is 0.904. The van der Waals surface area contributed by atoms with Crippen LogP contribution in [0.4, 0.5) is 4.39 Å². The van der Waals surface area contributed by atoms with Crippen molar-refractivity contribution in [2.45, 2.75) is 39.2 Å². The fourth-order valence-electron chi connectivity index (χ4n) is 1.90. The maximum absolute atomic E-state index is 13.0. The van der Waals surface area contributed by atoms with Gasteiger partial charge in [-0.3, -0.25) is 9.59 Å². The third-order valence-corrected chi connectivity index (χ3v) is 2.84. The van der Waals surface area contributed by atoms with E-state index in [1.807, 2.05) is 20.8 Å². The number of nitrogens with one attached hydrogen (secondary N) is 1. The van der Waals surface area contributed by atoms with Crippen LogP contribution in [0.5, 0.6) is 0 Å². The lowest BCUT2D eigenvalue weighted by Crippen LogP contribution is -2.46. The average Bonchev–Trinajstić information content (AvgIpc) is 2.33. The van der Waals surface area contributed by atoms with E-state index in [2.05, 4.69) is 5.32 Å². The van der Waals surface area contributed by atoms with Crippen molar-refractivity contribution in [3.05, 3.63) is 35.6 Å². The molecule has 4 nitrogen and oxygen atoms in total. The van der Waals surface area contributed by atoms with Crippen molar-refractivity contribution in [2.24, 2.45) is 0 Å². The highest BCUT2D eigenvalue weighted by Gasteiger charge is 2.17. The highest BCUT2D eigenvalue weighted by Crippen LogP contribution is 2.07. The van der Waals surface area contributed by atoms with Crippen LogP contribution in [0.2, 0.25) is 0 Å². The molecule has 0 saturated carbocycles. The molecule has 0 radical (unpaired) electrons. The van der Waals surface area contributed by atoms with Crippen LogP contribution in [0.15, 0.2) is 24.3 Å². The number of nitrogens with zero attached hydrogens (tertiary/aromatic N) is 1. The van der Waals surface area contributed by atoms with Gasteiger partial charge in [0, 0.05) is 19.0 Å². The van der Waals surface area contributed by atoms with E-state index in [0.29, 0.717) is 6.42 Å².